The Morgan fingerprint density at radius 3 is 2.21 bits per heavy atom. The summed E-state index contributed by atoms with van der Waals surface area (Å²) in [5.74, 6) is 0.685. The zero-order valence-electron chi connectivity index (χ0n) is 19.5. The lowest BCUT2D eigenvalue weighted by molar-refractivity contribution is -0.134. The molecule has 1 aliphatic heterocycles. The summed E-state index contributed by atoms with van der Waals surface area (Å²) < 4.78 is 33.3. The van der Waals surface area contributed by atoms with Crippen LogP contribution in [0, 0.1) is 12.8 Å². The molecule has 0 aliphatic carbocycles. The summed E-state index contributed by atoms with van der Waals surface area (Å²) in [5.41, 5.74) is 1.92. The van der Waals surface area contributed by atoms with Crippen LogP contribution in [0.4, 0.5) is 5.69 Å². The van der Waals surface area contributed by atoms with Crippen molar-refractivity contribution in [2.45, 2.75) is 31.7 Å². The second-order valence-electron chi connectivity index (χ2n) is 8.65. The molecule has 1 fully saturated rings. The molecule has 9 nitrogen and oxygen atoms in total. The summed E-state index contributed by atoms with van der Waals surface area (Å²) in [7, 11) is -3.79. The zero-order valence-corrected chi connectivity index (χ0v) is 20.3. The van der Waals surface area contributed by atoms with Gasteiger partial charge in [0.05, 0.1) is 4.90 Å². The number of anilines is 1. The van der Waals surface area contributed by atoms with Gasteiger partial charge in [-0.15, -0.1) is 0 Å². The molecule has 4 rings (SSSR count). The standard InChI is InChI=1S/C24H29N5O4S/c1-17(2)22(27-34(31,32)21-7-5-4-6-8-21)24(30)29-15-13-28(14-16-29)20-11-9-19(10-12-20)23-25-18(3)33-26-23/h4-12,17,22,27H,13-16H2,1-3H3/t22-/m1/s1. The lowest BCUT2D eigenvalue weighted by atomic mass is 10.0. The van der Waals surface area contributed by atoms with Gasteiger partial charge in [0.25, 0.3) is 0 Å². The van der Waals surface area contributed by atoms with Crippen LogP contribution in [-0.2, 0) is 14.8 Å². The van der Waals surface area contributed by atoms with Crippen LogP contribution in [0.2, 0.25) is 0 Å². The van der Waals surface area contributed by atoms with Crippen LogP contribution in [0.5, 0.6) is 0 Å². The van der Waals surface area contributed by atoms with Gasteiger partial charge in [0, 0.05) is 44.4 Å². The number of sulfonamides is 1. The Morgan fingerprint density at radius 1 is 1.00 bits per heavy atom. The van der Waals surface area contributed by atoms with Crippen molar-refractivity contribution in [1.29, 1.82) is 0 Å². The number of rotatable bonds is 7. The molecule has 1 atom stereocenters. The van der Waals surface area contributed by atoms with Gasteiger partial charge >= 0.3 is 0 Å². The van der Waals surface area contributed by atoms with E-state index >= 15 is 0 Å². The Hall–Kier alpha value is -3.24. The summed E-state index contributed by atoms with van der Waals surface area (Å²) in [6, 6.07) is 15.2. The predicted octanol–water partition coefficient (Wildman–Crippen LogP) is 2.70. The quantitative estimate of drug-likeness (QED) is 0.550. The fourth-order valence-corrected chi connectivity index (χ4v) is 5.28. The van der Waals surface area contributed by atoms with E-state index in [9.17, 15) is 13.2 Å². The number of aryl methyl sites for hydroxylation is 1. The van der Waals surface area contributed by atoms with Crippen molar-refractivity contribution in [3.8, 4) is 11.4 Å². The van der Waals surface area contributed by atoms with Crippen LogP contribution >= 0.6 is 0 Å². The van der Waals surface area contributed by atoms with Crippen LogP contribution in [-0.4, -0.2) is 61.6 Å². The van der Waals surface area contributed by atoms with Gasteiger partial charge in [0.1, 0.15) is 6.04 Å². The highest BCUT2D eigenvalue weighted by molar-refractivity contribution is 7.89. The van der Waals surface area contributed by atoms with Crippen LogP contribution in [0.25, 0.3) is 11.4 Å². The first-order chi connectivity index (χ1) is 16.2. The average Bonchev–Trinajstić information content (AvgIpc) is 3.29. The molecule has 0 saturated carbocycles. The maximum absolute atomic E-state index is 13.3. The second-order valence-corrected chi connectivity index (χ2v) is 10.4. The molecule has 1 amide bonds. The van der Waals surface area contributed by atoms with Crippen molar-refractivity contribution in [2.24, 2.45) is 5.92 Å². The van der Waals surface area contributed by atoms with E-state index < -0.39 is 16.1 Å². The molecule has 0 spiro atoms. The van der Waals surface area contributed by atoms with Crippen molar-refractivity contribution < 1.29 is 17.7 Å². The third-order valence-corrected chi connectivity index (χ3v) is 7.33. The third kappa shape index (κ3) is 5.28. The van der Waals surface area contributed by atoms with Crippen LogP contribution in [0.15, 0.2) is 64.0 Å². The van der Waals surface area contributed by atoms with E-state index in [1.54, 1.807) is 30.0 Å². The maximum Gasteiger partial charge on any atom is 0.241 e. The molecule has 0 unspecified atom stereocenters. The van der Waals surface area contributed by atoms with Gasteiger partial charge in [0.15, 0.2) is 0 Å². The number of aromatic nitrogens is 2. The number of hydrogen-bond donors (Lipinski definition) is 1. The van der Waals surface area contributed by atoms with Gasteiger partial charge in [-0.25, -0.2) is 8.42 Å². The molecule has 2 heterocycles. The SMILES string of the molecule is Cc1nc(-c2ccc(N3CCN(C(=O)[C@H](NS(=O)(=O)c4ccccc4)C(C)C)CC3)cc2)no1. The summed E-state index contributed by atoms with van der Waals surface area (Å²) in [6.45, 7) is 7.79. The lowest BCUT2D eigenvalue weighted by Crippen LogP contribution is -2.56. The highest BCUT2D eigenvalue weighted by Gasteiger charge is 2.33. The summed E-state index contributed by atoms with van der Waals surface area (Å²) in [6.07, 6.45) is 0. The molecule has 0 bridgehead atoms. The third-order valence-electron chi connectivity index (χ3n) is 5.88. The minimum absolute atomic E-state index is 0.151. The smallest absolute Gasteiger partial charge is 0.241 e. The molecule has 180 valence electrons. The monoisotopic (exact) mass is 483 g/mol. The predicted molar refractivity (Wildman–Crippen MR) is 129 cm³/mol. The summed E-state index contributed by atoms with van der Waals surface area (Å²) in [5, 5.41) is 3.94. The molecule has 34 heavy (non-hydrogen) atoms. The number of carbonyl (C=O) groups excluding carboxylic acids is 1. The van der Waals surface area contributed by atoms with Gasteiger partial charge in [0.2, 0.25) is 27.6 Å². The van der Waals surface area contributed by atoms with E-state index in [0.29, 0.717) is 37.9 Å². The van der Waals surface area contributed by atoms with Crippen molar-refractivity contribution in [2.75, 3.05) is 31.1 Å². The van der Waals surface area contributed by atoms with Gasteiger partial charge in [-0.05, 0) is 42.3 Å². The maximum atomic E-state index is 13.3. The topological polar surface area (TPSA) is 109 Å². The van der Waals surface area contributed by atoms with E-state index in [-0.39, 0.29) is 16.7 Å². The first-order valence-corrected chi connectivity index (χ1v) is 12.7. The van der Waals surface area contributed by atoms with Gasteiger partial charge in [-0.3, -0.25) is 4.79 Å². The summed E-state index contributed by atoms with van der Waals surface area (Å²) >= 11 is 0. The van der Waals surface area contributed by atoms with Gasteiger partial charge in [-0.2, -0.15) is 9.71 Å². The number of carbonyl (C=O) groups is 1. The van der Waals surface area contributed by atoms with Crippen LogP contribution in [0.1, 0.15) is 19.7 Å². The van der Waals surface area contributed by atoms with Crippen molar-refractivity contribution >= 4 is 21.6 Å². The molecular weight excluding hydrogens is 454 g/mol. The number of piperazine rings is 1. The van der Waals surface area contributed by atoms with E-state index in [2.05, 4.69) is 19.8 Å². The molecule has 10 heteroatoms. The molecule has 0 radical (unpaired) electrons. The average molecular weight is 484 g/mol. The van der Waals surface area contributed by atoms with E-state index in [1.165, 1.54) is 12.1 Å². The first kappa shape index (κ1) is 23.9. The number of amides is 1. The minimum atomic E-state index is -3.79. The lowest BCUT2D eigenvalue weighted by Gasteiger charge is -2.38. The number of benzene rings is 2. The number of nitrogens with zero attached hydrogens (tertiary/aromatic N) is 4. The van der Waals surface area contributed by atoms with Gasteiger partial charge in [-0.1, -0.05) is 37.2 Å². The van der Waals surface area contributed by atoms with E-state index in [4.69, 9.17) is 4.52 Å². The number of hydrogen-bond acceptors (Lipinski definition) is 7. The fraction of sp³-hybridized carbons (Fsp3) is 0.375. The van der Waals surface area contributed by atoms with Crippen LogP contribution in [0.3, 0.4) is 0 Å². The zero-order chi connectivity index (χ0) is 24.3. The highest BCUT2D eigenvalue weighted by Crippen LogP contribution is 2.23. The highest BCUT2D eigenvalue weighted by atomic mass is 32.2. The normalized spacial score (nSPS) is 15.5. The van der Waals surface area contributed by atoms with E-state index in [1.807, 2.05) is 38.1 Å². The van der Waals surface area contributed by atoms with Crippen molar-refractivity contribution in [3.63, 3.8) is 0 Å². The minimum Gasteiger partial charge on any atom is -0.368 e. The Labute approximate surface area is 199 Å². The van der Waals surface area contributed by atoms with Crippen molar-refractivity contribution in [1.82, 2.24) is 19.8 Å². The molecule has 1 N–H and O–H groups in total. The van der Waals surface area contributed by atoms with E-state index in [0.717, 1.165) is 11.3 Å². The molecular formula is C24H29N5O4S. The van der Waals surface area contributed by atoms with Gasteiger partial charge < -0.3 is 14.3 Å². The van der Waals surface area contributed by atoms with Crippen LogP contribution < -0.4 is 9.62 Å². The molecule has 2 aromatic carbocycles. The molecule has 1 saturated heterocycles. The first-order valence-electron chi connectivity index (χ1n) is 11.3. The Bertz CT molecular complexity index is 1220. The Balaban J connectivity index is 1.39. The number of nitrogens with one attached hydrogen (secondary N) is 1. The fourth-order valence-electron chi connectivity index (χ4n) is 3.93. The Morgan fingerprint density at radius 2 is 1.65 bits per heavy atom. The summed E-state index contributed by atoms with van der Waals surface area (Å²) in [4.78, 5) is 21.6. The van der Waals surface area contributed by atoms with Crippen molar-refractivity contribution in [3.05, 3.63) is 60.5 Å². The molecule has 1 aliphatic rings. The Kier molecular flexibility index (Phi) is 6.99. The molecule has 1 aromatic heterocycles. The largest absolute Gasteiger partial charge is 0.368 e. The second kappa shape index (κ2) is 9.94. The molecule has 3 aromatic rings.